The molecule has 2 rings (SSSR count). The smallest absolute Gasteiger partial charge is 0.222 e. The average Bonchev–Trinajstić information content (AvgIpc) is 2.68. The highest BCUT2D eigenvalue weighted by atomic mass is 35.5. The third-order valence-electron chi connectivity index (χ3n) is 2.74. The van der Waals surface area contributed by atoms with Gasteiger partial charge in [-0.15, -0.1) is 11.3 Å². The summed E-state index contributed by atoms with van der Waals surface area (Å²) < 4.78 is 0.830. The van der Waals surface area contributed by atoms with Gasteiger partial charge in [-0.05, 0) is 38.3 Å². The van der Waals surface area contributed by atoms with Gasteiger partial charge in [-0.25, -0.2) is 4.98 Å². The molecule has 0 saturated carbocycles. The fourth-order valence-corrected chi connectivity index (χ4v) is 3.00. The van der Waals surface area contributed by atoms with Crippen molar-refractivity contribution in [2.45, 2.75) is 26.2 Å². The number of hydrogen-bond donors (Lipinski definition) is 2. The number of anilines is 2. The molecule has 0 unspecified atom stereocenters. The van der Waals surface area contributed by atoms with Gasteiger partial charge in [0.1, 0.15) is 5.82 Å². The minimum absolute atomic E-state index is 0.235. The van der Waals surface area contributed by atoms with E-state index in [9.17, 15) is 0 Å². The molecule has 0 saturated heterocycles. The molecule has 0 fully saturated rings. The average molecular weight is 283 g/mol. The SMILES string of the molecule is Cc1nc(N)nc(N)c1CCCc1ccc(Cl)s1. The standard InChI is InChI=1S/C12H15ClN4S/c1-7-9(11(14)17-12(15)16-7)4-2-3-8-5-6-10(13)18-8/h5-6H,2-4H2,1H3,(H4,14,15,16,17). The molecule has 0 atom stereocenters. The molecule has 96 valence electrons. The Balaban J connectivity index is 1.98. The van der Waals surface area contributed by atoms with Crippen LogP contribution in [0.3, 0.4) is 0 Å². The van der Waals surface area contributed by atoms with E-state index in [0.717, 1.165) is 34.9 Å². The van der Waals surface area contributed by atoms with E-state index >= 15 is 0 Å². The van der Waals surface area contributed by atoms with E-state index in [1.807, 2.05) is 13.0 Å². The molecule has 2 heterocycles. The van der Waals surface area contributed by atoms with E-state index in [0.29, 0.717) is 5.82 Å². The van der Waals surface area contributed by atoms with Crippen LogP contribution >= 0.6 is 22.9 Å². The van der Waals surface area contributed by atoms with Crippen molar-refractivity contribution < 1.29 is 0 Å². The van der Waals surface area contributed by atoms with E-state index in [1.165, 1.54) is 4.88 Å². The molecule has 2 aromatic heterocycles. The summed E-state index contributed by atoms with van der Waals surface area (Å²) in [6, 6.07) is 3.98. The predicted molar refractivity (Wildman–Crippen MR) is 76.9 cm³/mol. The fourth-order valence-electron chi connectivity index (χ4n) is 1.88. The molecule has 18 heavy (non-hydrogen) atoms. The zero-order chi connectivity index (χ0) is 13.1. The zero-order valence-corrected chi connectivity index (χ0v) is 11.7. The molecule has 0 radical (unpaired) electrons. The summed E-state index contributed by atoms with van der Waals surface area (Å²) in [5, 5.41) is 0. The highest BCUT2D eigenvalue weighted by Crippen LogP contribution is 2.24. The zero-order valence-electron chi connectivity index (χ0n) is 10.1. The van der Waals surface area contributed by atoms with Crippen LogP contribution in [0.1, 0.15) is 22.6 Å². The van der Waals surface area contributed by atoms with Crippen LogP contribution in [0.2, 0.25) is 4.34 Å². The summed E-state index contributed by atoms with van der Waals surface area (Å²) in [4.78, 5) is 9.41. The lowest BCUT2D eigenvalue weighted by Gasteiger charge is -2.08. The lowest BCUT2D eigenvalue weighted by Crippen LogP contribution is -2.07. The molecule has 0 amide bonds. The van der Waals surface area contributed by atoms with E-state index in [1.54, 1.807) is 11.3 Å². The number of aryl methyl sites for hydroxylation is 2. The number of hydrogen-bond acceptors (Lipinski definition) is 5. The Morgan fingerprint density at radius 1 is 1.22 bits per heavy atom. The monoisotopic (exact) mass is 282 g/mol. The summed E-state index contributed by atoms with van der Waals surface area (Å²) in [7, 11) is 0. The molecule has 0 aliphatic carbocycles. The van der Waals surface area contributed by atoms with Crippen molar-refractivity contribution in [2.24, 2.45) is 0 Å². The van der Waals surface area contributed by atoms with Crippen LogP contribution in [0, 0.1) is 6.92 Å². The first-order valence-electron chi connectivity index (χ1n) is 5.69. The van der Waals surface area contributed by atoms with Gasteiger partial charge in [0.2, 0.25) is 5.95 Å². The van der Waals surface area contributed by atoms with Crippen LogP contribution in [0.4, 0.5) is 11.8 Å². The van der Waals surface area contributed by atoms with Gasteiger partial charge in [0, 0.05) is 16.1 Å². The molecular weight excluding hydrogens is 268 g/mol. The van der Waals surface area contributed by atoms with Crippen molar-refractivity contribution in [3.8, 4) is 0 Å². The summed E-state index contributed by atoms with van der Waals surface area (Å²) in [5.74, 6) is 0.725. The number of nitrogens with zero attached hydrogens (tertiary/aromatic N) is 2. The Morgan fingerprint density at radius 2 is 2.00 bits per heavy atom. The Kier molecular flexibility index (Phi) is 4.04. The van der Waals surface area contributed by atoms with Crippen LogP contribution in [0.25, 0.3) is 0 Å². The van der Waals surface area contributed by atoms with E-state index < -0.39 is 0 Å². The van der Waals surface area contributed by atoms with Gasteiger partial charge in [-0.1, -0.05) is 11.6 Å². The Labute approximate surface area is 115 Å². The number of nitrogens with two attached hydrogens (primary N) is 2. The molecule has 6 heteroatoms. The molecule has 0 spiro atoms. The maximum atomic E-state index is 5.89. The Morgan fingerprint density at radius 3 is 2.61 bits per heavy atom. The third-order valence-corrected chi connectivity index (χ3v) is 4.03. The molecule has 4 N–H and O–H groups in total. The van der Waals surface area contributed by atoms with Gasteiger partial charge in [0.25, 0.3) is 0 Å². The predicted octanol–water partition coefficient (Wildman–Crippen LogP) is 2.84. The fraction of sp³-hybridized carbons (Fsp3) is 0.333. The Hall–Kier alpha value is -1.33. The van der Waals surface area contributed by atoms with Crippen LogP contribution in [0.5, 0.6) is 0 Å². The molecule has 2 aromatic rings. The maximum Gasteiger partial charge on any atom is 0.222 e. The highest BCUT2D eigenvalue weighted by Gasteiger charge is 2.08. The summed E-state index contributed by atoms with van der Waals surface area (Å²) >= 11 is 7.51. The lowest BCUT2D eigenvalue weighted by molar-refractivity contribution is 0.816. The number of thiophene rings is 1. The third kappa shape index (κ3) is 3.11. The van der Waals surface area contributed by atoms with Gasteiger partial charge < -0.3 is 11.5 Å². The van der Waals surface area contributed by atoms with Gasteiger partial charge in [-0.3, -0.25) is 0 Å². The van der Waals surface area contributed by atoms with Gasteiger partial charge in [-0.2, -0.15) is 4.98 Å². The van der Waals surface area contributed by atoms with Crippen molar-refractivity contribution in [1.82, 2.24) is 9.97 Å². The summed E-state index contributed by atoms with van der Waals surface area (Å²) in [5.41, 5.74) is 13.2. The molecular formula is C12H15ClN4S. The Bertz CT molecular complexity index is 530. The maximum absolute atomic E-state index is 5.89. The summed E-state index contributed by atoms with van der Waals surface area (Å²) in [6.07, 6.45) is 2.84. The quantitative estimate of drug-likeness (QED) is 0.904. The second-order valence-corrected chi connectivity index (χ2v) is 5.89. The van der Waals surface area contributed by atoms with Crippen molar-refractivity contribution in [3.63, 3.8) is 0 Å². The minimum atomic E-state index is 0.235. The van der Waals surface area contributed by atoms with Crippen LogP contribution in [-0.4, -0.2) is 9.97 Å². The first kappa shape index (κ1) is 13.1. The second kappa shape index (κ2) is 5.54. The van der Waals surface area contributed by atoms with Crippen molar-refractivity contribution in [1.29, 1.82) is 0 Å². The minimum Gasteiger partial charge on any atom is -0.383 e. The first-order chi connectivity index (χ1) is 8.56. The number of halogens is 1. The number of rotatable bonds is 4. The van der Waals surface area contributed by atoms with Crippen LogP contribution in [-0.2, 0) is 12.8 Å². The lowest BCUT2D eigenvalue weighted by atomic mass is 10.1. The van der Waals surface area contributed by atoms with E-state index in [-0.39, 0.29) is 5.95 Å². The van der Waals surface area contributed by atoms with Gasteiger partial charge in [0.05, 0.1) is 4.34 Å². The molecule has 0 bridgehead atoms. The summed E-state index contributed by atoms with van der Waals surface area (Å²) in [6.45, 7) is 1.91. The van der Waals surface area contributed by atoms with Crippen molar-refractivity contribution in [3.05, 3.63) is 32.6 Å². The molecule has 0 aliphatic rings. The molecule has 4 nitrogen and oxygen atoms in total. The van der Waals surface area contributed by atoms with Crippen molar-refractivity contribution >= 4 is 34.7 Å². The largest absolute Gasteiger partial charge is 0.383 e. The molecule has 0 aromatic carbocycles. The van der Waals surface area contributed by atoms with Crippen molar-refractivity contribution in [2.75, 3.05) is 11.5 Å². The van der Waals surface area contributed by atoms with Crippen LogP contribution < -0.4 is 11.5 Å². The first-order valence-corrected chi connectivity index (χ1v) is 6.88. The van der Waals surface area contributed by atoms with Gasteiger partial charge in [0.15, 0.2) is 0 Å². The topological polar surface area (TPSA) is 77.8 Å². The second-order valence-electron chi connectivity index (χ2n) is 4.09. The normalized spacial score (nSPS) is 10.8. The number of aromatic nitrogens is 2. The van der Waals surface area contributed by atoms with E-state index in [4.69, 9.17) is 23.1 Å². The van der Waals surface area contributed by atoms with Crippen LogP contribution in [0.15, 0.2) is 12.1 Å². The molecule has 0 aliphatic heterocycles. The number of nitrogen functional groups attached to an aromatic ring is 2. The highest BCUT2D eigenvalue weighted by molar-refractivity contribution is 7.16. The van der Waals surface area contributed by atoms with Gasteiger partial charge >= 0.3 is 0 Å². The van der Waals surface area contributed by atoms with E-state index in [2.05, 4.69) is 16.0 Å².